The first-order valence-corrected chi connectivity index (χ1v) is 7.29. The summed E-state index contributed by atoms with van der Waals surface area (Å²) < 4.78 is 15.5. The number of benzene rings is 1. The van der Waals surface area contributed by atoms with Crippen LogP contribution in [0.3, 0.4) is 0 Å². The first-order valence-electron chi connectivity index (χ1n) is 6.07. The van der Waals surface area contributed by atoms with Gasteiger partial charge in [-0.1, -0.05) is 30.0 Å². The number of rotatable bonds is 3. The Kier molecular flexibility index (Phi) is 3.38. The lowest BCUT2D eigenvalue weighted by atomic mass is 10.0. The Balaban J connectivity index is 2.15. The lowest BCUT2D eigenvalue weighted by molar-refractivity contribution is -0.132. The van der Waals surface area contributed by atoms with Gasteiger partial charge in [-0.2, -0.15) is 4.98 Å². The number of fused-ring (bicyclic) bond motifs is 1. The van der Waals surface area contributed by atoms with Gasteiger partial charge in [0.2, 0.25) is 11.1 Å². The molecule has 2 aromatic rings. The zero-order valence-electron chi connectivity index (χ0n) is 10.9. The monoisotopic (exact) mass is 306 g/mol. The van der Waals surface area contributed by atoms with Crippen molar-refractivity contribution >= 4 is 23.7 Å². The van der Waals surface area contributed by atoms with E-state index in [9.17, 15) is 14.3 Å². The van der Waals surface area contributed by atoms with E-state index in [1.54, 1.807) is 18.2 Å². The third-order valence-electron chi connectivity index (χ3n) is 3.08. The number of carboxylic acids is 1. The molecule has 6 nitrogen and oxygen atoms in total. The van der Waals surface area contributed by atoms with E-state index in [4.69, 9.17) is 0 Å². The summed E-state index contributed by atoms with van der Waals surface area (Å²) in [5.41, 5.74) is 0.298. The summed E-state index contributed by atoms with van der Waals surface area (Å²) in [6.45, 7) is 0. The van der Waals surface area contributed by atoms with Gasteiger partial charge in [-0.05, 0) is 18.4 Å². The molecule has 0 spiro atoms. The largest absolute Gasteiger partial charge is 0.477 e. The topological polar surface area (TPSA) is 80.0 Å². The Morgan fingerprint density at radius 2 is 2.24 bits per heavy atom. The SMILES string of the molecule is CSc1nc2n(n1)[C@@H](c1ccccc1F)C=C(C(=O)O)N2. The van der Waals surface area contributed by atoms with Crippen LogP contribution in [0.4, 0.5) is 10.3 Å². The quantitative estimate of drug-likeness (QED) is 0.846. The number of aromatic nitrogens is 3. The highest BCUT2D eigenvalue weighted by Gasteiger charge is 2.28. The second-order valence-electron chi connectivity index (χ2n) is 4.34. The maximum absolute atomic E-state index is 14.0. The number of nitrogens with zero attached hydrogens (tertiary/aromatic N) is 3. The summed E-state index contributed by atoms with van der Waals surface area (Å²) in [4.78, 5) is 15.4. The van der Waals surface area contributed by atoms with Crippen LogP contribution in [-0.2, 0) is 4.79 Å². The van der Waals surface area contributed by atoms with Gasteiger partial charge in [-0.3, -0.25) is 0 Å². The minimum atomic E-state index is -1.13. The van der Waals surface area contributed by atoms with Crippen LogP contribution in [0.15, 0.2) is 41.2 Å². The van der Waals surface area contributed by atoms with Gasteiger partial charge in [0.15, 0.2) is 0 Å². The molecule has 3 rings (SSSR count). The Bertz CT molecular complexity index is 744. The van der Waals surface area contributed by atoms with Crippen LogP contribution in [0.25, 0.3) is 0 Å². The van der Waals surface area contributed by atoms with Crippen LogP contribution in [-0.4, -0.2) is 32.1 Å². The number of thioether (sulfide) groups is 1. The zero-order valence-corrected chi connectivity index (χ0v) is 11.8. The molecule has 0 saturated heterocycles. The summed E-state index contributed by atoms with van der Waals surface area (Å²) >= 11 is 1.33. The van der Waals surface area contributed by atoms with Crippen molar-refractivity contribution in [3.63, 3.8) is 0 Å². The molecule has 0 saturated carbocycles. The van der Waals surface area contributed by atoms with Crippen LogP contribution in [0.5, 0.6) is 0 Å². The van der Waals surface area contributed by atoms with Gasteiger partial charge < -0.3 is 10.4 Å². The number of halogens is 1. The molecule has 0 amide bonds. The summed E-state index contributed by atoms with van der Waals surface area (Å²) in [5.74, 6) is -1.26. The molecular formula is C13H11FN4O2S. The van der Waals surface area contributed by atoms with Crippen molar-refractivity contribution in [1.29, 1.82) is 0 Å². The van der Waals surface area contributed by atoms with E-state index in [0.29, 0.717) is 10.7 Å². The molecule has 0 aliphatic carbocycles. The fourth-order valence-electron chi connectivity index (χ4n) is 2.12. The second-order valence-corrected chi connectivity index (χ2v) is 5.12. The Morgan fingerprint density at radius 1 is 1.48 bits per heavy atom. The number of allylic oxidation sites excluding steroid dienone is 1. The lowest BCUT2D eigenvalue weighted by Crippen LogP contribution is -2.24. The lowest BCUT2D eigenvalue weighted by Gasteiger charge is -2.22. The molecule has 0 unspecified atom stereocenters. The predicted octanol–water partition coefficient (Wildman–Crippen LogP) is 2.12. The van der Waals surface area contributed by atoms with Gasteiger partial charge in [0.05, 0.1) is 0 Å². The van der Waals surface area contributed by atoms with E-state index < -0.39 is 17.8 Å². The molecular weight excluding hydrogens is 295 g/mol. The van der Waals surface area contributed by atoms with Crippen molar-refractivity contribution < 1.29 is 14.3 Å². The molecule has 1 aromatic heterocycles. The number of anilines is 1. The van der Waals surface area contributed by atoms with Crippen LogP contribution in [0.1, 0.15) is 11.6 Å². The summed E-state index contributed by atoms with van der Waals surface area (Å²) in [6.07, 6.45) is 3.23. The van der Waals surface area contributed by atoms with Crippen molar-refractivity contribution in [3.05, 3.63) is 47.4 Å². The maximum Gasteiger partial charge on any atom is 0.352 e. The third-order valence-corrected chi connectivity index (χ3v) is 3.62. The van der Waals surface area contributed by atoms with E-state index in [1.165, 1.54) is 28.6 Å². The highest BCUT2D eigenvalue weighted by molar-refractivity contribution is 7.98. The second kappa shape index (κ2) is 5.21. The number of carboxylic acid groups (broad SMARTS) is 1. The van der Waals surface area contributed by atoms with Crippen LogP contribution in [0, 0.1) is 5.82 Å². The molecule has 108 valence electrons. The maximum atomic E-state index is 14.0. The average molecular weight is 306 g/mol. The number of hydrogen-bond acceptors (Lipinski definition) is 5. The third kappa shape index (κ3) is 2.38. The Hall–Kier alpha value is -2.35. The van der Waals surface area contributed by atoms with E-state index in [2.05, 4.69) is 15.4 Å². The average Bonchev–Trinajstić information content (AvgIpc) is 2.90. The molecule has 8 heteroatoms. The molecule has 1 atom stereocenters. The summed E-state index contributed by atoms with van der Waals surface area (Å²) in [5, 5.41) is 16.6. The summed E-state index contributed by atoms with van der Waals surface area (Å²) in [7, 11) is 0. The van der Waals surface area contributed by atoms with Crippen LogP contribution < -0.4 is 5.32 Å². The fraction of sp³-hybridized carbons (Fsp3) is 0.154. The van der Waals surface area contributed by atoms with Crippen molar-refractivity contribution in [1.82, 2.24) is 14.8 Å². The Morgan fingerprint density at radius 3 is 2.90 bits per heavy atom. The van der Waals surface area contributed by atoms with Crippen LogP contribution >= 0.6 is 11.8 Å². The van der Waals surface area contributed by atoms with Gasteiger partial charge in [-0.25, -0.2) is 13.9 Å². The fourth-order valence-corrected chi connectivity index (χ4v) is 2.47. The van der Waals surface area contributed by atoms with E-state index >= 15 is 0 Å². The molecule has 0 bridgehead atoms. The van der Waals surface area contributed by atoms with E-state index in [-0.39, 0.29) is 11.6 Å². The zero-order chi connectivity index (χ0) is 15.0. The molecule has 21 heavy (non-hydrogen) atoms. The minimum absolute atomic E-state index is 0.0455. The smallest absolute Gasteiger partial charge is 0.352 e. The van der Waals surface area contributed by atoms with Gasteiger partial charge in [-0.15, -0.1) is 5.10 Å². The molecule has 1 aliphatic heterocycles. The number of carbonyl (C=O) groups is 1. The van der Waals surface area contributed by atoms with Gasteiger partial charge in [0, 0.05) is 5.56 Å². The molecule has 1 aliphatic rings. The van der Waals surface area contributed by atoms with Crippen molar-refractivity contribution in [2.24, 2.45) is 0 Å². The summed E-state index contributed by atoms with van der Waals surface area (Å²) in [6, 6.07) is 5.56. The highest BCUT2D eigenvalue weighted by Crippen LogP contribution is 2.31. The normalized spacial score (nSPS) is 16.9. The minimum Gasteiger partial charge on any atom is -0.477 e. The Labute approximate surface area is 123 Å². The first-order chi connectivity index (χ1) is 10.1. The van der Waals surface area contributed by atoms with Crippen molar-refractivity contribution in [2.45, 2.75) is 11.2 Å². The molecule has 0 radical (unpaired) electrons. The number of nitrogens with one attached hydrogen (secondary N) is 1. The standard InChI is InChI=1S/C13H11FN4O2S/c1-21-13-16-12-15-9(11(19)20)6-10(18(12)17-13)7-4-2-3-5-8(7)14/h2-6,10H,1H3,(H,19,20)(H,15,16,17)/t10-/m1/s1. The van der Waals surface area contributed by atoms with Gasteiger partial charge in [0.25, 0.3) is 0 Å². The highest BCUT2D eigenvalue weighted by atomic mass is 32.2. The molecule has 2 N–H and O–H groups in total. The predicted molar refractivity (Wildman–Crippen MR) is 75.7 cm³/mol. The molecule has 0 fully saturated rings. The van der Waals surface area contributed by atoms with Crippen molar-refractivity contribution in [2.75, 3.05) is 11.6 Å². The number of aliphatic carboxylic acids is 1. The number of hydrogen-bond donors (Lipinski definition) is 2. The van der Waals surface area contributed by atoms with Gasteiger partial charge >= 0.3 is 5.97 Å². The van der Waals surface area contributed by atoms with Crippen LogP contribution in [0.2, 0.25) is 0 Å². The molecule has 1 aromatic carbocycles. The molecule has 2 heterocycles. The van der Waals surface area contributed by atoms with Crippen molar-refractivity contribution in [3.8, 4) is 0 Å². The van der Waals surface area contributed by atoms with E-state index in [1.807, 2.05) is 6.26 Å². The van der Waals surface area contributed by atoms with Gasteiger partial charge in [0.1, 0.15) is 17.6 Å². The first kappa shape index (κ1) is 13.6. The van der Waals surface area contributed by atoms with E-state index in [0.717, 1.165) is 0 Å².